The molecule has 0 amide bonds. The lowest BCUT2D eigenvalue weighted by Crippen LogP contribution is -2.54. The lowest BCUT2D eigenvalue weighted by Gasteiger charge is -2.44. The highest BCUT2D eigenvalue weighted by Gasteiger charge is 2.54. The highest BCUT2D eigenvalue weighted by molar-refractivity contribution is 6.74. The zero-order valence-corrected chi connectivity index (χ0v) is 25.6. The molecule has 1 aliphatic rings. The SMILES string of the molecule is CN(C)C=Nc1ccn([C@@H]2O[C@H](CO)[C@H](O[Si](C)(C)C(C)(C)C)[C@@H]2O[Si](C)(C)C(C)(C)C)c(=O)n1. The van der Waals surface area contributed by atoms with Crippen molar-refractivity contribution in [3.8, 4) is 0 Å². The first-order valence-electron chi connectivity index (χ1n) is 12.2. The number of hydrogen-bond acceptors (Lipinski definition) is 7. The van der Waals surface area contributed by atoms with Gasteiger partial charge < -0.3 is 23.6 Å². The van der Waals surface area contributed by atoms with Crippen molar-refractivity contribution in [3.05, 3.63) is 22.7 Å². The molecular weight excluding hydrogens is 480 g/mol. The third-order valence-electron chi connectivity index (χ3n) is 7.45. The molecule has 11 heteroatoms. The van der Waals surface area contributed by atoms with E-state index in [1.54, 1.807) is 23.5 Å². The molecule has 2 heterocycles. The molecule has 1 saturated heterocycles. The van der Waals surface area contributed by atoms with Gasteiger partial charge in [0.25, 0.3) is 0 Å². The number of aliphatic imine (C=N–C) groups is 1. The standard InChI is InChI=1S/C24H46N4O5Si2/c1-23(2,3)34(9,10)32-19-17(15-29)31-21(20(19)33-35(11,12)24(4,5)6)28-14-13-18(26-22(28)30)25-16-27(7)8/h13-14,16-17,19-21,29H,15H2,1-12H3/t17-,19+,20+,21-/m1/s1. The van der Waals surface area contributed by atoms with E-state index in [9.17, 15) is 9.90 Å². The number of aromatic nitrogens is 2. The second kappa shape index (κ2) is 10.5. The van der Waals surface area contributed by atoms with Gasteiger partial charge in [0, 0.05) is 20.3 Å². The van der Waals surface area contributed by atoms with E-state index in [0.717, 1.165) is 0 Å². The predicted molar refractivity (Wildman–Crippen MR) is 145 cm³/mol. The Morgan fingerprint density at radius 3 is 2.03 bits per heavy atom. The first kappa shape index (κ1) is 29.9. The Balaban J connectivity index is 2.56. The summed E-state index contributed by atoms with van der Waals surface area (Å²) in [4.78, 5) is 23.2. The fourth-order valence-electron chi connectivity index (χ4n) is 3.22. The number of hydrogen-bond donors (Lipinski definition) is 1. The number of aliphatic hydroxyl groups is 1. The van der Waals surface area contributed by atoms with Gasteiger partial charge in [-0.15, -0.1) is 0 Å². The maximum atomic E-state index is 13.1. The van der Waals surface area contributed by atoms with Crippen molar-refractivity contribution in [3.63, 3.8) is 0 Å². The summed E-state index contributed by atoms with van der Waals surface area (Å²) in [5.74, 6) is 0.313. The fourth-order valence-corrected chi connectivity index (χ4v) is 5.83. The summed E-state index contributed by atoms with van der Waals surface area (Å²) in [6.07, 6.45) is 0.737. The average molecular weight is 527 g/mol. The van der Waals surface area contributed by atoms with E-state index < -0.39 is 46.9 Å². The topological polar surface area (TPSA) is 98.4 Å². The van der Waals surface area contributed by atoms with E-state index >= 15 is 0 Å². The maximum absolute atomic E-state index is 13.1. The van der Waals surface area contributed by atoms with Gasteiger partial charge in [0.05, 0.1) is 12.9 Å². The van der Waals surface area contributed by atoms with Crippen LogP contribution in [-0.4, -0.2) is 81.5 Å². The van der Waals surface area contributed by atoms with Crippen LogP contribution in [0.1, 0.15) is 47.8 Å². The van der Waals surface area contributed by atoms with Gasteiger partial charge in [0.2, 0.25) is 0 Å². The highest BCUT2D eigenvalue weighted by atomic mass is 28.4. The minimum atomic E-state index is -2.29. The van der Waals surface area contributed by atoms with Gasteiger partial charge in [-0.2, -0.15) is 4.98 Å². The van der Waals surface area contributed by atoms with E-state index in [-0.39, 0.29) is 16.7 Å². The quantitative estimate of drug-likeness (QED) is 0.309. The monoisotopic (exact) mass is 526 g/mol. The molecule has 0 aliphatic carbocycles. The Hall–Kier alpha value is -1.38. The first-order valence-corrected chi connectivity index (χ1v) is 18.0. The van der Waals surface area contributed by atoms with Crippen LogP contribution in [0.2, 0.25) is 36.3 Å². The smallest absolute Gasteiger partial charge is 0.351 e. The summed E-state index contributed by atoms with van der Waals surface area (Å²) in [6, 6.07) is 1.67. The molecule has 2 rings (SSSR count). The van der Waals surface area contributed by atoms with E-state index in [1.807, 2.05) is 14.1 Å². The minimum Gasteiger partial charge on any atom is -0.408 e. The molecule has 1 aromatic rings. The first-order chi connectivity index (χ1) is 15.8. The van der Waals surface area contributed by atoms with Crippen LogP contribution < -0.4 is 5.69 Å². The van der Waals surface area contributed by atoms with Crippen LogP contribution in [-0.2, 0) is 13.6 Å². The van der Waals surface area contributed by atoms with Gasteiger partial charge in [-0.3, -0.25) is 4.57 Å². The van der Waals surface area contributed by atoms with Crippen molar-refractivity contribution in [1.29, 1.82) is 0 Å². The summed E-state index contributed by atoms with van der Waals surface area (Å²) in [7, 11) is -0.853. The molecule has 1 N–H and O–H groups in total. The molecule has 0 aromatic carbocycles. The molecule has 1 fully saturated rings. The van der Waals surface area contributed by atoms with Crippen molar-refractivity contribution in [2.24, 2.45) is 4.99 Å². The lowest BCUT2D eigenvalue weighted by atomic mass is 10.1. The van der Waals surface area contributed by atoms with Crippen LogP contribution in [0, 0.1) is 0 Å². The Morgan fingerprint density at radius 1 is 1.09 bits per heavy atom. The normalized spacial score (nSPS) is 24.4. The van der Waals surface area contributed by atoms with Crippen molar-refractivity contribution in [1.82, 2.24) is 14.5 Å². The molecule has 200 valence electrons. The highest BCUT2D eigenvalue weighted by Crippen LogP contribution is 2.45. The largest absolute Gasteiger partial charge is 0.408 e. The van der Waals surface area contributed by atoms with E-state index in [1.165, 1.54) is 4.57 Å². The Labute approximate surface area is 212 Å². The van der Waals surface area contributed by atoms with E-state index in [2.05, 4.69) is 77.7 Å². The molecule has 1 aromatic heterocycles. The number of aliphatic hydroxyl groups excluding tert-OH is 1. The number of rotatable bonds is 8. The fraction of sp³-hybridized carbons (Fsp3) is 0.792. The molecular formula is C24H46N4O5Si2. The molecule has 4 atom stereocenters. The van der Waals surface area contributed by atoms with Crippen LogP contribution in [0.15, 0.2) is 22.1 Å². The summed E-state index contributed by atoms with van der Waals surface area (Å²) < 4.78 is 21.4. The van der Waals surface area contributed by atoms with Gasteiger partial charge in [0.15, 0.2) is 28.7 Å². The molecule has 0 unspecified atom stereocenters. The van der Waals surface area contributed by atoms with Crippen molar-refractivity contribution in [2.75, 3.05) is 20.7 Å². The van der Waals surface area contributed by atoms with Crippen LogP contribution >= 0.6 is 0 Å². The molecule has 0 saturated carbocycles. The van der Waals surface area contributed by atoms with Crippen LogP contribution in [0.25, 0.3) is 0 Å². The molecule has 35 heavy (non-hydrogen) atoms. The number of nitrogens with zero attached hydrogens (tertiary/aromatic N) is 4. The third kappa shape index (κ3) is 6.89. The minimum absolute atomic E-state index is 0.0445. The van der Waals surface area contributed by atoms with E-state index in [0.29, 0.717) is 5.82 Å². The van der Waals surface area contributed by atoms with Crippen LogP contribution in [0.5, 0.6) is 0 Å². The Morgan fingerprint density at radius 2 is 1.60 bits per heavy atom. The summed E-state index contributed by atoms with van der Waals surface area (Å²) in [5, 5.41) is 10.1. The van der Waals surface area contributed by atoms with E-state index in [4.69, 9.17) is 13.6 Å². The maximum Gasteiger partial charge on any atom is 0.351 e. The zero-order chi connectivity index (χ0) is 27.0. The Bertz CT molecular complexity index is 950. The van der Waals surface area contributed by atoms with Gasteiger partial charge >= 0.3 is 5.69 Å². The van der Waals surface area contributed by atoms with Crippen molar-refractivity contribution < 1.29 is 18.7 Å². The molecule has 0 radical (unpaired) electrons. The molecule has 0 bridgehead atoms. The van der Waals surface area contributed by atoms with Gasteiger partial charge in [0.1, 0.15) is 18.3 Å². The second-order valence-corrected chi connectivity index (χ2v) is 22.1. The van der Waals surface area contributed by atoms with Crippen LogP contribution in [0.3, 0.4) is 0 Å². The molecule has 9 nitrogen and oxygen atoms in total. The van der Waals surface area contributed by atoms with Crippen molar-refractivity contribution >= 4 is 28.8 Å². The average Bonchev–Trinajstić information content (AvgIpc) is 3.00. The predicted octanol–water partition coefficient (Wildman–Crippen LogP) is 4.14. The zero-order valence-electron chi connectivity index (χ0n) is 23.6. The second-order valence-electron chi connectivity index (χ2n) is 12.6. The van der Waals surface area contributed by atoms with Crippen LogP contribution in [0.4, 0.5) is 5.82 Å². The summed E-state index contributed by atoms with van der Waals surface area (Å²) in [5.41, 5.74) is -0.489. The van der Waals surface area contributed by atoms with Gasteiger partial charge in [-0.05, 0) is 42.3 Å². The van der Waals surface area contributed by atoms with Gasteiger partial charge in [-0.25, -0.2) is 9.79 Å². The van der Waals surface area contributed by atoms with Crippen molar-refractivity contribution in [2.45, 2.75) is 102 Å². The number of ether oxygens (including phenoxy) is 1. The summed E-state index contributed by atoms with van der Waals surface area (Å²) >= 11 is 0. The summed E-state index contributed by atoms with van der Waals surface area (Å²) in [6.45, 7) is 21.5. The van der Waals surface area contributed by atoms with Gasteiger partial charge in [-0.1, -0.05) is 41.5 Å². The third-order valence-corrected chi connectivity index (χ3v) is 16.4. The molecule has 0 spiro atoms. The Kier molecular flexibility index (Phi) is 8.99. The lowest BCUT2D eigenvalue weighted by molar-refractivity contribution is -0.0529. The molecule has 1 aliphatic heterocycles.